The van der Waals surface area contributed by atoms with Crippen molar-refractivity contribution < 1.29 is 133 Å². The van der Waals surface area contributed by atoms with Crippen LogP contribution in [0.5, 0.6) is 0 Å². The van der Waals surface area contributed by atoms with Gasteiger partial charge in [-0.3, -0.25) is 13.2 Å². The maximum Gasteiger partial charge on any atom is 0.187 e. The topological polar surface area (TPSA) is 151 Å². The molecule has 0 saturated heterocycles. The molecular weight excluding hydrogens is 2180 g/mol. The van der Waals surface area contributed by atoms with Crippen LogP contribution in [0, 0.1) is 112 Å². The van der Waals surface area contributed by atoms with Gasteiger partial charge in [-0.15, -0.1) is 104 Å². The van der Waals surface area contributed by atoms with Crippen molar-refractivity contribution in [1.29, 1.82) is 5.26 Å². The second-order valence-corrected chi connectivity index (χ2v) is 22.9. The van der Waals surface area contributed by atoms with Gasteiger partial charge in [0, 0.05) is 161 Å². The van der Waals surface area contributed by atoms with Crippen LogP contribution >= 0.6 is 0 Å². The number of nitriles is 1. The van der Waals surface area contributed by atoms with Crippen molar-refractivity contribution in [3.05, 3.63) is 366 Å². The average Bonchev–Trinajstić information content (AvgIpc) is 1.28. The molecule has 112 heavy (non-hydrogen) atoms. The summed E-state index contributed by atoms with van der Waals surface area (Å²) in [5, 5.41) is 41.7. The molecule has 0 amide bonds. The van der Waals surface area contributed by atoms with Crippen LogP contribution in [0.3, 0.4) is 0 Å². The molecule has 0 aliphatic rings. The SMILES string of the molecule is Fc1[c-]c(-c2nnc(-c3cc(F)cc(F)c3)n2-c2ccccc2)cc(F)c1.Fc1c[c-]c(-c2nnc(-c3ccc(F)c(F)c3)n2-c2ccccc2)cc1F.Fc1c[c-]c(-c2nnc(-c3ccc(F)cc3F)n2-c2ccccc2)c(F)c1.[C-]#[N+]c1ccc(-c2nnc(-c3[c-]cc(C#N)cc3)n2-c2ccccc2)cc1.[Ir].[Ir].[Ir].[Ir]. The van der Waals surface area contributed by atoms with Crippen LogP contribution in [-0.4, -0.2) is 59.1 Å². The molecular formula is C82H42F12Ir4N14-4. The van der Waals surface area contributed by atoms with E-state index in [1.807, 2.05) is 53.1 Å². The molecule has 0 fully saturated rings. The quantitative estimate of drug-likeness (QED) is 0.0860. The Morgan fingerprint density at radius 3 is 1.26 bits per heavy atom. The fourth-order valence-electron chi connectivity index (χ4n) is 11.0. The Morgan fingerprint density at radius 1 is 0.312 bits per heavy atom. The van der Waals surface area contributed by atoms with Crippen LogP contribution in [-0.2, 0) is 80.4 Å². The zero-order chi connectivity index (χ0) is 75.5. The smallest absolute Gasteiger partial charge is 0.187 e. The second kappa shape index (κ2) is 38.0. The molecule has 16 rings (SSSR count). The molecule has 0 atom stereocenters. The van der Waals surface area contributed by atoms with Crippen molar-refractivity contribution in [2.75, 3.05) is 0 Å². The van der Waals surface area contributed by atoms with Gasteiger partial charge in [-0.05, 0) is 96.6 Å². The number of benzene rings is 12. The van der Waals surface area contributed by atoms with Gasteiger partial charge in [0.25, 0.3) is 0 Å². The molecule has 0 unspecified atom stereocenters. The van der Waals surface area contributed by atoms with E-state index in [4.69, 9.17) is 11.8 Å². The standard InChI is InChI=1S/C22H12N5.3C20H10F4N3.4Ir/c1-24-19-13-11-18(12-14-19)22-26-25-21(17-9-7-16(15-23)8-10-17)27(22)20-5-3-2-4-6-20;21-14-6-12(7-15(22)10-14)19-25-26-20(13-8-16(23)11-17(24)9-13)27(19)18-4-2-1-3-5-18;21-12-6-8-15(17(23)10-12)19-25-26-20(16-9-7-13(22)11-18(16)24)27(19)14-4-2-1-3-5-14;21-15-8-6-12(10-17(15)23)19-25-26-20(13-7-9-16(22)18(24)11-13)27(19)14-4-2-1-3-5-14;;;;/h2-9,11-14H;2*1-8,10-11H;1-6,8-11H;;;;/q4*-1;;;;. The number of para-hydroxylation sites is 4. The maximum atomic E-state index is 14.3. The third kappa shape index (κ3) is 19.0. The number of hydrogen-bond donors (Lipinski definition) is 0. The Bertz CT molecular complexity index is 5710. The minimum atomic E-state index is -1.05. The predicted octanol–water partition coefficient (Wildman–Crippen LogP) is 19.7. The number of halogens is 12. The Hall–Kier alpha value is -12.1. The molecule has 0 bridgehead atoms. The van der Waals surface area contributed by atoms with Crippen molar-refractivity contribution in [1.82, 2.24) is 59.1 Å². The van der Waals surface area contributed by atoms with E-state index in [0.717, 1.165) is 83.5 Å². The molecule has 14 nitrogen and oxygen atoms in total. The van der Waals surface area contributed by atoms with Crippen LogP contribution < -0.4 is 0 Å². The average molecular weight is 2220 g/mol. The summed E-state index contributed by atoms with van der Waals surface area (Å²) in [5.74, 6) is -8.65. The number of nitrogens with zero attached hydrogens (tertiary/aromatic N) is 14. The van der Waals surface area contributed by atoms with Crippen LogP contribution in [0.4, 0.5) is 58.4 Å². The summed E-state index contributed by atoms with van der Waals surface area (Å²) in [6.45, 7) is 7.11. The summed E-state index contributed by atoms with van der Waals surface area (Å²) in [6, 6.07) is 75.7. The third-order valence-corrected chi connectivity index (χ3v) is 15.8. The van der Waals surface area contributed by atoms with E-state index < -0.39 is 69.8 Å². The first kappa shape index (κ1) is 84.0. The van der Waals surface area contributed by atoms with Gasteiger partial charge in [-0.2, -0.15) is 20.4 Å². The summed E-state index contributed by atoms with van der Waals surface area (Å²) >= 11 is 0. The predicted molar refractivity (Wildman–Crippen MR) is 375 cm³/mol. The van der Waals surface area contributed by atoms with Gasteiger partial charge in [0.2, 0.25) is 0 Å². The van der Waals surface area contributed by atoms with Gasteiger partial charge in [0.15, 0.2) is 40.6 Å². The first-order valence-corrected chi connectivity index (χ1v) is 31.8. The third-order valence-electron chi connectivity index (χ3n) is 15.8. The van der Waals surface area contributed by atoms with E-state index in [2.05, 4.69) is 76.0 Å². The minimum Gasteiger partial charge on any atom is -0.316 e. The van der Waals surface area contributed by atoms with E-state index in [-0.39, 0.29) is 149 Å². The van der Waals surface area contributed by atoms with E-state index in [9.17, 15) is 52.7 Å². The monoisotopic (exact) mass is 2220 g/mol. The van der Waals surface area contributed by atoms with Gasteiger partial charge in [0.05, 0.1) is 47.1 Å². The summed E-state index contributed by atoms with van der Waals surface area (Å²) < 4.78 is 170. The molecule has 30 heteroatoms. The van der Waals surface area contributed by atoms with Crippen molar-refractivity contribution >= 4 is 5.69 Å². The minimum absolute atomic E-state index is 0. The number of rotatable bonds is 12. The summed E-state index contributed by atoms with van der Waals surface area (Å²) in [5.41, 5.74) is 5.77. The summed E-state index contributed by atoms with van der Waals surface area (Å²) in [7, 11) is 0. The van der Waals surface area contributed by atoms with Gasteiger partial charge in [0.1, 0.15) is 23.3 Å². The van der Waals surface area contributed by atoms with Gasteiger partial charge >= 0.3 is 0 Å². The molecule has 0 aliphatic carbocycles. The van der Waals surface area contributed by atoms with Crippen molar-refractivity contribution in [2.24, 2.45) is 0 Å². The molecule has 4 aromatic heterocycles. The molecule has 16 aromatic rings. The molecule has 12 aromatic carbocycles. The van der Waals surface area contributed by atoms with Crippen LogP contribution in [0.2, 0.25) is 0 Å². The zero-order valence-electron chi connectivity index (χ0n) is 56.4. The van der Waals surface area contributed by atoms with Gasteiger partial charge in [-0.1, -0.05) is 115 Å². The zero-order valence-corrected chi connectivity index (χ0v) is 66.0. The van der Waals surface area contributed by atoms with Crippen molar-refractivity contribution in [3.63, 3.8) is 0 Å². The van der Waals surface area contributed by atoms with Crippen molar-refractivity contribution in [3.8, 4) is 120 Å². The van der Waals surface area contributed by atoms with E-state index >= 15 is 0 Å². The molecule has 0 N–H and O–H groups in total. The number of hydrogen-bond acceptors (Lipinski definition) is 9. The van der Waals surface area contributed by atoms with E-state index in [1.54, 1.807) is 115 Å². The van der Waals surface area contributed by atoms with Crippen LogP contribution in [0.1, 0.15) is 5.56 Å². The Labute approximate surface area is 683 Å². The normalized spacial score (nSPS) is 10.4. The fraction of sp³-hybridized carbons (Fsp3) is 0. The second-order valence-electron chi connectivity index (χ2n) is 22.9. The molecule has 564 valence electrons. The Kier molecular flexibility index (Phi) is 28.5. The Morgan fingerprint density at radius 2 is 0.768 bits per heavy atom. The van der Waals surface area contributed by atoms with Crippen LogP contribution in [0.25, 0.3) is 119 Å². The van der Waals surface area contributed by atoms with Crippen molar-refractivity contribution in [2.45, 2.75) is 0 Å². The first-order chi connectivity index (χ1) is 52.4. The molecule has 0 saturated carbocycles. The Balaban J connectivity index is 0.000000169. The molecule has 0 aliphatic heterocycles. The van der Waals surface area contributed by atoms with Crippen LogP contribution in [0.15, 0.2) is 255 Å². The van der Waals surface area contributed by atoms with Gasteiger partial charge < -0.3 is 18.3 Å². The largest absolute Gasteiger partial charge is 0.316 e. The molecule has 0 spiro atoms. The summed E-state index contributed by atoms with van der Waals surface area (Å²) in [4.78, 5) is 3.43. The number of aromatic nitrogens is 12. The summed E-state index contributed by atoms with van der Waals surface area (Å²) in [6.07, 6.45) is 0. The molecule has 4 heterocycles. The van der Waals surface area contributed by atoms with Gasteiger partial charge in [-0.25, -0.2) is 49.6 Å². The fourth-order valence-corrected chi connectivity index (χ4v) is 11.0. The molecule has 4 radical (unpaired) electrons. The first-order valence-electron chi connectivity index (χ1n) is 31.8. The van der Waals surface area contributed by atoms with E-state index in [0.29, 0.717) is 52.1 Å². The maximum absolute atomic E-state index is 14.3. The van der Waals surface area contributed by atoms with E-state index in [1.165, 1.54) is 25.8 Å².